The Morgan fingerprint density at radius 3 is 2.44 bits per heavy atom. The first kappa shape index (κ1) is 12.8. The van der Waals surface area contributed by atoms with E-state index in [1.165, 1.54) is 0 Å². The highest BCUT2D eigenvalue weighted by atomic mass is 16.3. The molecule has 0 aliphatic carbocycles. The summed E-state index contributed by atoms with van der Waals surface area (Å²) in [5.74, 6) is 0.108. The van der Waals surface area contributed by atoms with Gasteiger partial charge in [0.25, 0.3) is 0 Å². The lowest BCUT2D eigenvalue weighted by Gasteiger charge is -2.13. The van der Waals surface area contributed by atoms with Crippen molar-refractivity contribution in [2.75, 3.05) is 0 Å². The number of hydrogen-bond acceptors (Lipinski definition) is 2. The van der Waals surface area contributed by atoms with Crippen LogP contribution in [0.15, 0.2) is 42.5 Å². The molecule has 0 spiro atoms. The number of carbonyl (C=O) groups excluding carboxylic acids is 1. The van der Waals surface area contributed by atoms with Crippen LogP contribution in [-0.2, 0) is 0 Å². The van der Waals surface area contributed by atoms with Crippen LogP contribution in [-0.4, -0.2) is 17.0 Å². The van der Waals surface area contributed by atoms with Gasteiger partial charge < -0.3 is 5.11 Å². The monoisotopic (exact) mass is 242 g/mol. The van der Waals surface area contributed by atoms with Gasteiger partial charge in [-0.05, 0) is 22.8 Å². The van der Waals surface area contributed by atoms with Crippen molar-refractivity contribution in [3.05, 3.63) is 48.0 Å². The second-order valence-electron chi connectivity index (χ2n) is 5.00. The Labute approximate surface area is 107 Å². The average Bonchev–Trinajstić information content (AvgIpc) is 2.37. The quantitative estimate of drug-likeness (QED) is 0.834. The zero-order chi connectivity index (χ0) is 13.1. The molecule has 1 N–H and O–H groups in total. The predicted molar refractivity (Wildman–Crippen MR) is 73.7 cm³/mol. The van der Waals surface area contributed by atoms with Crippen molar-refractivity contribution in [2.24, 2.45) is 5.92 Å². The number of fused-ring (bicyclic) bond motifs is 1. The van der Waals surface area contributed by atoms with E-state index in [2.05, 4.69) is 0 Å². The third kappa shape index (κ3) is 2.77. The highest BCUT2D eigenvalue weighted by Gasteiger charge is 2.15. The zero-order valence-corrected chi connectivity index (χ0v) is 10.8. The van der Waals surface area contributed by atoms with Crippen LogP contribution in [0.4, 0.5) is 0 Å². The van der Waals surface area contributed by atoms with Gasteiger partial charge in [-0.1, -0.05) is 50.2 Å². The summed E-state index contributed by atoms with van der Waals surface area (Å²) in [5.41, 5.74) is 0.674. The van der Waals surface area contributed by atoms with Gasteiger partial charge in [0, 0.05) is 12.0 Å². The summed E-state index contributed by atoms with van der Waals surface area (Å²) in [5, 5.41) is 11.9. The number of benzene rings is 2. The molecule has 0 saturated heterocycles. The zero-order valence-electron chi connectivity index (χ0n) is 10.8. The summed E-state index contributed by atoms with van der Waals surface area (Å²) in [4.78, 5) is 12.0. The van der Waals surface area contributed by atoms with Crippen LogP contribution in [0.3, 0.4) is 0 Å². The first-order valence-electron chi connectivity index (χ1n) is 6.28. The molecule has 0 fully saturated rings. The first-order chi connectivity index (χ1) is 8.58. The Morgan fingerprint density at radius 2 is 1.78 bits per heavy atom. The van der Waals surface area contributed by atoms with Crippen molar-refractivity contribution in [2.45, 2.75) is 26.4 Å². The molecule has 2 nitrogen and oxygen atoms in total. The third-order valence-corrected chi connectivity index (χ3v) is 3.24. The average molecular weight is 242 g/mol. The van der Waals surface area contributed by atoms with E-state index in [0.29, 0.717) is 5.56 Å². The lowest BCUT2D eigenvalue weighted by Crippen LogP contribution is -2.19. The van der Waals surface area contributed by atoms with Crippen LogP contribution in [0.1, 0.15) is 30.6 Å². The van der Waals surface area contributed by atoms with E-state index in [1.54, 1.807) is 0 Å². The largest absolute Gasteiger partial charge is 0.392 e. The SMILES string of the molecule is CC(C)[C@H](O)CC(=O)c1ccc2ccccc2c1. The van der Waals surface area contributed by atoms with Crippen molar-refractivity contribution in [1.29, 1.82) is 0 Å². The Bertz CT molecular complexity index is 558. The van der Waals surface area contributed by atoms with Crippen molar-refractivity contribution in [1.82, 2.24) is 0 Å². The Kier molecular flexibility index (Phi) is 3.78. The lowest BCUT2D eigenvalue weighted by atomic mass is 9.97. The van der Waals surface area contributed by atoms with Crippen LogP contribution < -0.4 is 0 Å². The number of aliphatic hydroxyl groups is 1. The number of aliphatic hydroxyl groups excluding tert-OH is 1. The second kappa shape index (κ2) is 5.32. The molecule has 0 aromatic heterocycles. The topological polar surface area (TPSA) is 37.3 Å². The minimum atomic E-state index is -0.566. The van der Waals surface area contributed by atoms with Crippen LogP contribution in [0.5, 0.6) is 0 Å². The molecular formula is C16H18O2. The molecule has 0 saturated carbocycles. The molecule has 2 rings (SSSR count). The normalized spacial score (nSPS) is 12.9. The maximum Gasteiger partial charge on any atom is 0.165 e. The van der Waals surface area contributed by atoms with E-state index in [0.717, 1.165) is 10.8 Å². The second-order valence-corrected chi connectivity index (χ2v) is 5.00. The fraction of sp³-hybridized carbons (Fsp3) is 0.312. The molecule has 0 aliphatic rings. The van der Waals surface area contributed by atoms with E-state index in [4.69, 9.17) is 0 Å². The van der Waals surface area contributed by atoms with E-state index < -0.39 is 6.10 Å². The number of Topliss-reactive ketones (excluding diaryl/α,β-unsaturated/α-hetero) is 1. The molecule has 2 aromatic rings. The van der Waals surface area contributed by atoms with Crippen LogP contribution in [0.2, 0.25) is 0 Å². The summed E-state index contributed by atoms with van der Waals surface area (Å²) in [6.07, 6.45) is -0.375. The van der Waals surface area contributed by atoms with Gasteiger partial charge in [0.2, 0.25) is 0 Å². The van der Waals surface area contributed by atoms with Crippen molar-refractivity contribution in [3.8, 4) is 0 Å². The van der Waals surface area contributed by atoms with Gasteiger partial charge in [0.15, 0.2) is 5.78 Å². The summed E-state index contributed by atoms with van der Waals surface area (Å²) in [6.45, 7) is 3.83. The van der Waals surface area contributed by atoms with Crippen molar-refractivity contribution >= 4 is 16.6 Å². The summed E-state index contributed by atoms with van der Waals surface area (Å²) in [6, 6.07) is 13.6. The molecule has 94 valence electrons. The molecular weight excluding hydrogens is 224 g/mol. The smallest absolute Gasteiger partial charge is 0.165 e. The number of carbonyl (C=O) groups is 1. The van der Waals surface area contributed by atoms with Gasteiger partial charge in [0.05, 0.1) is 6.10 Å². The minimum Gasteiger partial charge on any atom is -0.392 e. The summed E-state index contributed by atoms with van der Waals surface area (Å²) in [7, 11) is 0. The van der Waals surface area contributed by atoms with Gasteiger partial charge in [-0.3, -0.25) is 4.79 Å². The van der Waals surface area contributed by atoms with Gasteiger partial charge in [-0.25, -0.2) is 0 Å². The number of ketones is 1. The molecule has 0 aliphatic heterocycles. The third-order valence-electron chi connectivity index (χ3n) is 3.24. The molecule has 0 amide bonds. The number of rotatable bonds is 4. The number of hydrogen-bond donors (Lipinski definition) is 1. The standard InChI is InChI=1S/C16H18O2/c1-11(2)15(17)10-16(18)14-8-7-12-5-3-4-6-13(12)9-14/h3-9,11,15,17H,10H2,1-2H3/t15-/m1/s1. The van der Waals surface area contributed by atoms with Gasteiger partial charge >= 0.3 is 0 Å². The van der Waals surface area contributed by atoms with E-state index in [9.17, 15) is 9.90 Å². The molecule has 0 bridgehead atoms. The Hall–Kier alpha value is -1.67. The highest BCUT2D eigenvalue weighted by Crippen LogP contribution is 2.18. The molecule has 2 aromatic carbocycles. The summed E-state index contributed by atoms with van der Waals surface area (Å²) < 4.78 is 0. The van der Waals surface area contributed by atoms with Gasteiger partial charge in [-0.2, -0.15) is 0 Å². The molecule has 2 heteroatoms. The van der Waals surface area contributed by atoms with E-state index in [1.807, 2.05) is 56.3 Å². The fourth-order valence-electron chi connectivity index (χ4n) is 1.91. The molecule has 0 unspecified atom stereocenters. The van der Waals surface area contributed by atoms with E-state index >= 15 is 0 Å². The minimum absolute atomic E-state index is 0.00181. The van der Waals surface area contributed by atoms with Crippen molar-refractivity contribution in [3.63, 3.8) is 0 Å². The molecule has 0 radical (unpaired) electrons. The lowest BCUT2D eigenvalue weighted by molar-refractivity contribution is 0.0790. The fourth-order valence-corrected chi connectivity index (χ4v) is 1.91. The molecule has 0 heterocycles. The van der Waals surface area contributed by atoms with Crippen LogP contribution in [0, 0.1) is 5.92 Å². The van der Waals surface area contributed by atoms with Gasteiger partial charge in [0.1, 0.15) is 0 Å². The molecule has 18 heavy (non-hydrogen) atoms. The Morgan fingerprint density at radius 1 is 1.11 bits per heavy atom. The molecule has 1 atom stereocenters. The highest BCUT2D eigenvalue weighted by molar-refractivity contribution is 6.00. The first-order valence-corrected chi connectivity index (χ1v) is 6.28. The Balaban J connectivity index is 2.23. The van der Waals surface area contributed by atoms with Crippen molar-refractivity contribution < 1.29 is 9.90 Å². The van der Waals surface area contributed by atoms with Crippen LogP contribution in [0.25, 0.3) is 10.8 Å². The van der Waals surface area contributed by atoms with Gasteiger partial charge in [-0.15, -0.1) is 0 Å². The maximum absolute atomic E-state index is 12.0. The van der Waals surface area contributed by atoms with Crippen LogP contribution >= 0.6 is 0 Å². The summed E-state index contributed by atoms with van der Waals surface area (Å²) >= 11 is 0. The van der Waals surface area contributed by atoms with E-state index in [-0.39, 0.29) is 18.1 Å². The predicted octanol–water partition coefficient (Wildman–Crippen LogP) is 3.43. The maximum atomic E-state index is 12.0.